The summed E-state index contributed by atoms with van der Waals surface area (Å²) in [6.07, 6.45) is 0. The van der Waals surface area contributed by atoms with Crippen molar-refractivity contribution < 1.29 is 18.9 Å². The number of hydrogen-bond acceptors (Lipinski definition) is 5. The van der Waals surface area contributed by atoms with E-state index in [-0.39, 0.29) is 12.5 Å². The van der Waals surface area contributed by atoms with Gasteiger partial charge in [0.1, 0.15) is 5.76 Å². The Labute approximate surface area is 110 Å². The second-order valence-corrected chi connectivity index (χ2v) is 3.86. The first-order chi connectivity index (χ1) is 9.24. The van der Waals surface area contributed by atoms with Gasteiger partial charge in [-0.05, 0) is 17.6 Å². The van der Waals surface area contributed by atoms with E-state index in [1.165, 1.54) is 0 Å². The SMILES string of the molecule is Cc1cc(OCC(=O)NOCc2ccccc2)no1. The Kier molecular flexibility index (Phi) is 4.52. The highest BCUT2D eigenvalue weighted by molar-refractivity contribution is 5.76. The van der Waals surface area contributed by atoms with Crippen LogP contribution in [0.5, 0.6) is 5.88 Å². The summed E-state index contributed by atoms with van der Waals surface area (Å²) < 4.78 is 9.89. The average molecular weight is 262 g/mol. The molecular weight excluding hydrogens is 248 g/mol. The molecule has 0 radical (unpaired) electrons. The summed E-state index contributed by atoms with van der Waals surface area (Å²) in [5.74, 6) is 0.503. The molecule has 2 aromatic rings. The van der Waals surface area contributed by atoms with E-state index in [1.807, 2.05) is 30.3 Å². The molecule has 1 aromatic heterocycles. The Morgan fingerprint density at radius 1 is 1.37 bits per heavy atom. The molecule has 100 valence electrons. The summed E-state index contributed by atoms with van der Waals surface area (Å²) in [6.45, 7) is 1.86. The van der Waals surface area contributed by atoms with Gasteiger partial charge in [-0.25, -0.2) is 5.48 Å². The van der Waals surface area contributed by atoms with Crippen LogP contribution in [0.25, 0.3) is 0 Å². The molecule has 1 aromatic carbocycles. The van der Waals surface area contributed by atoms with Crippen LogP contribution in [-0.2, 0) is 16.2 Å². The number of hydrogen-bond donors (Lipinski definition) is 1. The smallest absolute Gasteiger partial charge is 0.281 e. The third-order valence-corrected chi connectivity index (χ3v) is 2.23. The van der Waals surface area contributed by atoms with Crippen molar-refractivity contribution in [2.45, 2.75) is 13.5 Å². The first-order valence-electron chi connectivity index (χ1n) is 5.75. The van der Waals surface area contributed by atoms with Crippen LogP contribution in [0.2, 0.25) is 0 Å². The van der Waals surface area contributed by atoms with E-state index in [9.17, 15) is 4.79 Å². The van der Waals surface area contributed by atoms with Crippen LogP contribution in [0.3, 0.4) is 0 Å². The standard InChI is InChI=1S/C13H14N2O4/c1-10-7-13(15-19-10)17-9-12(16)14-18-8-11-5-3-2-4-6-11/h2-7H,8-9H2,1H3,(H,14,16). The molecule has 0 atom stereocenters. The second-order valence-electron chi connectivity index (χ2n) is 3.86. The van der Waals surface area contributed by atoms with E-state index >= 15 is 0 Å². The maximum atomic E-state index is 11.4. The number of nitrogens with zero attached hydrogens (tertiary/aromatic N) is 1. The highest BCUT2D eigenvalue weighted by Gasteiger charge is 2.05. The number of rotatable bonds is 6. The van der Waals surface area contributed by atoms with Crippen molar-refractivity contribution in [3.8, 4) is 5.88 Å². The quantitative estimate of drug-likeness (QED) is 0.800. The number of aryl methyl sites for hydroxylation is 1. The fraction of sp³-hybridized carbons (Fsp3) is 0.231. The first-order valence-corrected chi connectivity index (χ1v) is 5.75. The van der Waals surface area contributed by atoms with Crippen molar-refractivity contribution in [1.29, 1.82) is 0 Å². The minimum atomic E-state index is -0.392. The molecule has 19 heavy (non-hydrogen) atoms. The van der Waals surface area contributed by atoms with Gasteiger partial charge in [-0.15, -0.1) is 0 Å². The zero-order valence-corrected chi connectivity index (χ0v) is 10.5. The van der Waals surface area contributed by atoms with Crippen molar-refractivity contribution in [1.82, 2.24) is 10.6 Å². The summed E-state index contributed by atoms with van der Waals surface area (Å²) in [5.41, 5.74) is 3.25. The lowest BCUT2D eigenvalue weighted by Gasteiger charge is -2.05. The Bertz CT molecular complexity index is 524. The molecule has 0 unspecified atom stereocenters. The van der Waals surface area contributed by atoms with E-state index in [4.69, 9.17) is 14.1 Å². The van der Waals surface area contributed by atoms with E-state index in [0.29, 0.717) is 12.4 Å². The zero-order chi connectivity index (χ0) is 13.5. The molecule has 2 rings (SSSR count). The highest BCUT2D eigenvalue weighted by Crippen LogP contribution is 2.09. The lowest BCUT2D eigenvalue weighted by Crippen LogP contribution is -2.28. The predicted octanol–water partition coefficient (Wildman–Crippen LogP) is 1.61. The van der Waals surface area contributed by atoms with Gasteiger partial charge in [0.25, 0.3) is 11.8 Å². The van der Waals surface area contributed by atoms with E-state index in [2.05, 4.69) is 10.6 Å². The van der Waals surface area contributed by atoms with Gasteiger partial charge in [-0.2, -0.15) is 0 Å². The largest absolute Gasteiger partial charge is 0.465 e. The molecule has 1 heterocycles. The fourth-order valence-electron chi connectivity index (χ4n) is 1.35. The highest BCUT2D eigenvalue weighted by atomic mass is 16.7. The first kappa shape index (κ1) is 13.1. The molecule has 6 heteroatoms. The summed E-state index contributed by atoms with van der Waals surface area (Å²) in [7, 11) is 0. The summed E-state index contributed by atoms with van der Waals surface area (Å²) in [4.78, 5) is 16.4. The predicted molar refractivity (Wildman–Crippen MR) is 66.1 cm³/mol. The maximum Gasteiger partial charge on any atom is 0.281 e. The van der Waals surface area contributed by atoms with Gasteiger partial charge in [0.2, 0.25) is 0 Å². The Balaban J connectivity index is 1.65. The second kappa shape index (κ2) is 6.55. The van der Waals surface area contributed by atoms with Gasteiger partial charge in [0, 0.05) is 6.07 Å². The van der Waals surface area contributed by atoms with Crippen molar-refractivity contribution >= 4 is 5.91 Å². The molecule has 0 aliphatic carbocycles. The molecule has 0 aliphatic rings. The van der Waals surface area contributed by atoms with Crippen LogP contribution in [0, 0.1) is 6.92 Å². The Morgan fingerprint density at radius 2 is 2.16 bits per heavy atom. The van der Waals surface area contributed by atoms with Gasteiger partial charge in [-0.3, -0.25) is 9.63 Å². The van der Waals surface area contributed by atoms with Crippen molar-refractivity contribution in [2.24, 2.45) is 0 Å². The topological polar surface area (TPSA) is 73.6 Å². The van der Waals surface area contributed by atoms with Gasteiger partial charge < -0.3 is 9.26 Å². The molecular formula is C13H14N2O4. The van der Waals surface area contributed by atoms with E-state index < -0.39 is 5.91 Å². The minimum Gasteiger partial charge on any atom is -0.465 e. The summed E-state index contributed by atoms with van der Waals surface area (Å²) in [6, 6.07) is 11.1. The van der Waals surface area contributed by atoms with Crippen LogP contribution >= 0.6 is 0 Å². The molecule has 0 bridgehead atoms. The number of aromatic nitrogens is 1. The lowest BCUT2D eigenvalue weighted by atomic mass is 10.2. The van der Waals surface area contributed by atoms with Crippen LogP contribution in [0.4, 0.5) is 0 Å². The number of benzene rings is 1. The maximum absolute atomic E-state index is 11.4. The normalized spacial score (nSPS) is 10.2. The Hall–Kier alpha value is -2.34. The molecule has 0 fully saturated rings. The summed E-state index contributed by atoms with van der Waals surface area (Å²) in [5, 5.41) is 3.60. The molecule has 6 nitrogen and oxygen atoms in total. The lowest BCUT2D eigenvalue weighted by molar-refractivity contribution is -0.136. The number of carbonyl (C=O) groups is 1. The van der Waals surface area contributed by atoms with Crippen molar-refractivity contribution in [2.75, 3.05) is 6.61 Å². The van der Waals surface area contributed by atoms with Gasteiger partial charge >= 0.3 is 0 Å². The van der Waals surface area contributed by atoms with Gasteiger partial charge in [0.05, 0.1) is 6.61 Å². The van der Waals surface area contributed by atoms with Crippen molar-refractivity contribution in [3.63, 3.8) is 0 Å². The Morgan fingerprint density at radius 3 is 2.84 bits per heavy atom. The number of hydroxylamine groups is 1. The summed E-state index contributed by atoms with van der Waals surface area (Å²) >= 11 is 0. The van der Waals surface area contributed by atoms with Crippen LogP contribution in [0.1, 0.15) is 11.3 Å². The van der Waals surface area contributed by atoms with Crippen molar-refractivity contribution in [3.05, 3.63) is 47.7 Å². The van der Waals surface area contributed by atoms with Crippen LogP contribution < -0.4 is 10.2 Å². The molecule has 0 saturated heterocycles. The van der Waals surface area contributed by atoms with Gasteiger partial charge in [-0.1, -0.05) is 30.3 Å². The third-order valence-electron chi connectivity index (χ3n) is 2.23. The monoisotopic (exact) mass is 262 g/mol. The molecule has 0 spiro atoms. The zero-order valence-electron chi connectivity index (χ0n) is 10.5. The molecule has 1 amide bonds. The van der Waals surface area contributed by atoms with E-state index in [1.54, 1.807) is 13.0 Å². The molecule has 0 saturated carbocycles. The number of nitrogens with one attached hydrogen (secondary N) is 1. The van der Waals surface area contributed by atoms with Gasteiger partial charge in [0.15, 0.2) is 6.61 Å². The third kappa shape index (κ3) is 4.44. The average Bonchev–Trinajstić information content (AvgIpc) is 2.83. The molecule has 1 N–H and O–H groups in total. The number of amides is 1. The van der Waals surface area contributed by atoms with E-state index in [0.717, 1.165) is 5.56 Å². The molecule has 0 aliphatic heterocycles. The number of ether oxygens (including phenoxy) is 1. The number of carbonyl (C=O) groups excluding carboxylic acids is 1. The fourth-order valence-corrected chi connectivity index (χ4v) is 1.35. The minimum absolute atomic E-state index is 0.180. The van der Waals surface area contributed by atoms with Crippen LogP contribution in [-0.4, -0.2) is 17.7 Å². The van der Waals surface area contributed by atoms with Crippen LogP contribution in [0.15, 0.2) is 40.9 Å².